The van der Waals surface area contributed by atoms with E-state index in [1.165, 1.54) is 32.1 Å². The Balaban J connectivity index is 1.33. The maximum Gasteiger partial charge on any atom is 0.223 e. The summed E-state index contributed by atoms with van der Waals surface area (Å²) in [6.07, 6.45) is 6.61. The first-order valence-corrected chi connectivity index (χ1v) is 8.59. The molecule has 21 heavy (non-hydrogen) atoms. The molecule has 4 saturated carbocycles. The number of hydrogen-bond donors (Lipinski definition) is 1. The summed E-state index contributed by atoms with van der Waals surface area (Å²) in [4.78, 5) is 12.6. The van der Waals surface area contributed by atoms with E-state index >= 15 is 0 Å². The number of hydrogen-bond acceptors (Lipinski definition) is 3. The van der Waals surface area contributed by atoms with Crippen LogP contribution in [0, 0.1) is 29.6 Å². The molecule has 0 aromatic heterocycles. The molecule has 4 nitrogen and oxygen atoms in total. The van der Waals surface area contributed by atoms with Gasteiger partial charge in [0.05, 0.1) is 6.61 Å². The Morgan fingerprint density at radius 1 is 1.10 bits per heavy atom. The fourth-order valence-electron chi connectivity index (χ4n) is 5.55. The lowest BCUT2D eigenvalue weighted by molar-refractivity contribution is -0.144. The smallest absolute Gasteiger partial charge is 0.223 e. The number of ether oxygens (including phenoxy) is 2. The summed E-state index contributed by atoms with van der Waals surface area (Å²) in [7, 11) is 0. The number of rotatable bonds is 3. The third kappa shape index (κ3) is 2.61. The monoisotopic (exact) mass is 293 g/mol. The summed E-state index contributed by atoms with van der Waals surface area (Å²) < 4.78 is 11.3. The zero-order valence-corrected chi connectivity index (χ0v) is 13.1. The summed E-state index contributed by atoms with van der Waals surface area (Å²) in [5.74, 6) is 3.19. The second kappa shape index (κ2) is 4.95. The summed E-state index contributed by atoms with van der Waals surface area (Å²) in [5.41, 5.74) is 0. The first-order valence-electron chi connectivity index (χ1n) is 8.59. The van der Waals surface area contributed by atoms with Gasteiger partial charge in [0.15, 0.2) is 5.79 Å². The van der Waals surface area contributed by atoms with Gasteiger partial charge in [0.25, 0.3) is 0 Å². The highest BCUT2D eigenvalue weighted by Crippen LogP contribution is 2.56. The van der Waals surface area contributed by atoms with Crippen LogP contribution in [0.15, 0.2) is 0 Å². The molecule has 4 aliphatic carbocycles. The van der Waals surface area contributed by atoms with Gasteiger partial charge in [0.1, 0.15) is 6.10 Å². The van der Waals surface area contributed by atoms with E-state index in [-0.39, 0.29) is 17.9 Å². The Morgan fingerprint density at radius 3 is 2.24 bits per heavy atom. The molecule has 1 saturated heterocycles. The van der Waals surface area contributed by atoms with Crippen LogP contribution in [0.25, 0.3) is 0 Å². The van der Waals surface area contributed by atoms with Gasteiger partial charge in [-0.25, -0.2) is 0 Å². The zero-order chi connectivity index (χ0) is 14.6. The van der Waals surface area contributed by atoms with E-state index in [9.17, 15) is 4.79 Å². The molecule has 1 atom stereocenters. The Kier molecular flexibility index (Phi) is 3.30. The van der Waals surface area contributed by atoms with E-state index in [1.807, 2.05) is 13.8 Å². The highest BCUT2D eigenvalue weighted by Gasteiger charge is 2.50. The van der Waals surface area contributed by atoms with Gasteiger partial charge < -0.3 is 14.8 Å². The van der Waals surface area contributed by atoms with Gasteiger partial charge in [-0.1, -0.05) is 0 Å². The molecule has 0 aromatic rings. The SMILES string of the molecule is CC1(C)OCC(CNC(=O)C2C3CC4CC(C3)CC2C4)O1. The predicted molar refractivity (Wildman–Crippen MR) is 78.4 cm³/mol. The van der Waals surface area contributed by atoms with Crippen molar-refractivity contribution >= 4 is 5.91 Å². The molecule has 5 rings (SSSR count). The van der Waals surface area contributed by atoms with Gasteiger partial charge in [0.2, 0.25) is 5.91 Å². The van der Waals surface area contributed by atoms with Crippen molar-refractivity contribution in [2.75, 3.05) is 13.2 Å². The molecule has 5 aliphatic rings. The highest BCUT2D eigenvalue weighted by molar-refractivity contribution is 5.79. The fourth-order valence-corrected chi connectivity index (χ4v) is 5.55. The fraction of sp³-hybridized carbons (Fsp3) is 0.941. The molecule has 1 heterocycles. The molecule has 1 N–H and O–H groups in total. The van der Waals surface area contributed by atoms with Crippen molar-refractivity contribution in [1.82, 2.24) is 5.32 Å². The Hall–Kier alpha value is -0.610. The van der Waals surface area contributed by atoms with Crippen LogP contribution in [0.1, 0.15) is 46.0 Å². The largest absolute Gasteiger partial charge is 0.353 e. The number of nitrogens with one attached hydrogen (secondary N) is 1. The molecular weight excluding hydrogens is 266 g/mol. The van der Waals surface area contributed by atoms with Crippen molar-refractivity contribution < 1.29 is 14.3 Å². The molecule has 1 amide bonds. The normalized spacial score (nSPS) is 46.8. The van der Waals surface area contributed by atoms with Crippen LogP contribution in [0.5, 0.6) is 0 Å². The van der Waals surface area contributed by atoms with Gasteiger partial charge in [0, 0.05) is 12.5 Å². The van der Waals surface area contributed by atoms with E-state index in [0.717, 1.165) is 11.8 Å². The lowest BCUT2D eigenvalue weighted by atomic mass is 9.51. The average Bonchev–Trinajstić information content (AvgIpc) is 2.75. The van der Waals surface area contributed by atoms with Crippen molar-refractivity contribution in [3.05, 3.63) is 0 Å². The van der Waals surface area contributed by atoms with Crippen LogP contribution in [0.4, 0.5) is 0 Å². The van der Waals surface area contributed by atoms with Crippen LogP contribution in [0.3, 0.4) is 0 Å². The second-order valence-corrected chi connectivity index (χ2v) is 8.15. The van der Waals surface area contributed by atoms with Gasteiger partial charge in [-0.15, -0.1) is 0 Å². The van der Waals surface area contributed by atoms with E-state index in [1.54, 1.807) is 0 Å². The highest BCUT2D eigenvalue weighted by atomic mass is 16.7. The van der Waals surface area contributed by atoms with Crippen LogP contribution in [0.2, 0.25) is 0 Å². The van der Waals surface area contributed by atoms with Crippen LogP contribution >= 0.6 is 0 Å². The van der Waals surface area contributed by atoms with E-state index in [2.05, 4.69) is 5.32 Å². The third-order valence-corrected chi connectivity index (χ3v) is 6.10. The minimum absolute atomic E-state index is 0.000726. The van der Waals surface area contributed by atoms with Crippen LogP contribution in [-0.4, -0.2) is 30.9 Å². The van der Waals surface area contributed by atoms with Gasteiger partial charge >= 0.3 is 0 Å². The summed E-state index contributed by atoms with van der Waals surface area (Å²) in [5, 5.41) is 3.15. The van der Waals surface area contributed by atoms with Gasteiger partial charge in [-0.05, 0) is 69.6 Å². The number of carbonyl (C=O) groups is 1. The maximum absolute atomic E-state index is 12.6. The van der Waals surface area contributed by atoms with Crippen LogP contribution in [-0.2, 0) is 14.3 Å². The number of carbonyl (C=O) groups excluding carboxylic acids is 1. The Morgan fingerprint density at radius 2 is 1.71 bits per heavy atom. The first kappa shape index (κ1) is 14.0. The minimum atomic E-state index is -0.502. The molecular formula is C17H27NO3. The Labute approximate surface area is 126 Å². The van der Waals surface area contributed by atoms with Gasteiger partial charge in [-0.3, -0.25) is 4.79 Å². The lowest BCUT2D eigenvalue weighted by Crippen LogP contribution is -2.51. The van der Waals surface area contributed by atoms with Crippen molar-refractivity contribution in [3.8, 4) is 0 Å². The lowest BCUT2D eigenvalue weighted by Gasteiger charge is -2.53. The first-order chi connectivity index (χ1) is 10.00. The average molecular weight is 293 g/mol. The summed E-state index contributed by atoms with van der Waals surface area (Å²) >= 11 is 0. The topological polar surface area (TPSA) is 47.6 Å². The van der Waals surface area contributed by atoms with Crippen molar-refractivity contribution in [2.45, 2.75) is 57.8 Å². The van der Waals surface area contributed by atoms with Crippen molar-refractivity contribution in [3.63, 3.8) is 0 Å². The predicted octanol–water partition coefficient (Wildman–Crippen LogP) is 2.33. The second-order valence-electron chi connectivity index (χ2n) is 8.15. The molecule has 1 unspecified atom stereocenters. The van der Waals surface area contributed by atoms with E-state index in [0.29, 0.717) is 25.0 Å². The molecule has 0 spiro atoms. The standard InChI is InChI=1S/C17H27NO3/c1-17(2)20-9-14(21-17)8-18-16(19)15-12-4-10-3-11(6-12)7-13(15)5-10/h10-15H,3-9H2,1-2H3,(H,18,19). The molecule has 118 valence electrons. The van der Waals surface area contributed by atoms with Crippen molar-refractivity contribution in [2.24, 2.45) is 29.6 Å². The van der Waals surface area contributed by atoms with Crippen molar-refractivity contribution in [1.29, 1.82) is 0 Å². The Bertz CT molecular complexity index is 406. The maximum atomic E-state index is 12.6. The molecule has 5 fully saturated rings. The third-order valence-electron chi connectivity index (χ3n) is 6.10. The minimum Gasteiger partial charge on any atom is -0.353 e. The van der Waals surface area contributed by atoms with E-state index in [4.69, 9.17) is 9.47 Å². The molecule has 1 aliphatic heterocycles. The quantitative estimate of drug-likeness (QED) is 0.869. The molecule has 4 heteroatoms. The zero-order valence-electron chi connectivity index (χ0n) is 13.1. The summed E-state index contributed by atoms with van der Waals surface area (Å²) in [6, 6.07) is 0. The molecule has 0 radical (unpaired) electrons. The molecule has 4 bridgehead atoms. The van der Waals surface area contributed by atoms with Gasteiger partial charge in [-0.2, -0.15) is 0 Å². The van der Waals surface area contributed by atoms with Crippen LogP contribution < -0.4 is 5.32 Å². The molecule has 0 aromatic carbocycles. The summed E-state index contributed by atoms with van der Waals surface area (Å²) in [6.45, 7) is 5.01. The van der Waals surface area contributed by atoms with E-state index < -0.39 is 5.79 Å². The number of amides is 1.